The molecule has 1 aromatic heterocycles. The molecule has 0 saturated heterocycles. The van der Waals surface area contributed by atoms with Crippen LogP contribution < -0.4 is 4.74 Å². The number of benzene rings is 2. The Hall–Kier alpha value is -2.55. The Morgan fingerprint density at radius 3 is 2.75 bits per heavy atom. The molecule has 1 heterocycles. The van der Waals surface area contributed by atoms with Crippen molar-refractivity contribution in [3.63, 3.8) is 0 Å². The second kappa shape index (κ2) is 4.85. The number of hydrogen-bond acceptors (Lipinski definition) is 2. The first-order valence-corrected chi connectivity index (χ1v) is 6.45. The molecule has 0 aliphatic rings. The smallest absolute Gasteiger partial charge is 0.153 e. The lowest BCUT2D eigenvalue weighted by Gasteiger charge is -2.08. The van der Waals surface area contributed by atoms with Crippen LogP contribution in [-0.2, 0) is 0 Å². The fourth-order valence-electron chi connectivity index (χ4n) is 2.48. The molecule has 20 heavy (non-hydrogen) atoms. The maximum Gasteiger partial charge on any atom is 0.153 e. The number of methoxy groups -OCH3 is 1. The van der Waals surface area contributed by atoms with Crippen LogP contribution >= 0.6 is 0 Å². The Labute approximate surface area is 117 Å². The van der Waals surface area contributed by atoms with Gasteiger partial charge in [-0.2, -0.15) is 0 Å². The fraction of sp³-hybridized carbons (Fsp3) is 0.118. The summed E-state index contributed by atoms with van der Waals surface area (Å²) in [6, 6.07) is 13.9. The maximum atomic E-state index is 11.1. The van der Waals surface area contributed by atoms with Crippen molar-refractivity contribution in [3.05, 3.63) is 53.6 Å². The zero-order valence-electron chi connectivity index (χ0n) is 11.4. The molecule has 0 atom stereocenters. The highest BCUT2D eigenvalue weighted by molar-refractivity contribution is 5.90. The molecular weight excluding hydrogens is 250 g/mol. The first-order chi connectivity index (χ1) is 9.72. The van der Waals surface area contributed by atoms with Gasteiger partial charge in [-0.3, -0.25) is 4.79 Å². The monoisotopic (exact) mass is 265 g/mol. The summed E-state index contributed by atoms with van der Waals surface area (Å²) in [6.07, 6.45) is 0.815. The summed E-state index contributed by atoms with van der Waals surface area (Å²) in [7, 11) is 1.58. The van der Waals surface area contributed by atoms with Gasteiger partial charge in [0.2, 0.25) is 0 Å². The predicted molar refractivity (Wildman–Crippen MR) is 80.4 cm³/mol. The summed E-state index contributed by atoms with van der Waals surface area (Å²) >= 11 is 0. The van der Waals surface area contributed by atoms with E-state index in [9.17, 15) is 4.79 Å². The highest BCUT2D eigenvalue weighted by Crippen LogP contribution is 2.33. The summed E-state index contributed by atoms with van der Waals surface area (Å²) in [6.45, 7) is 2.07. The van der Waals surface area contributed by atoms with Crippen LogP contribution in [0.1, 0.15) is 15.9 Å². The van der Waals surface area contributed by atoms with Gasteiger partial charge in [-0.05, 0) is 37.3 Å². The number of aldehydes is 1. The van der Waals surface area contributed by atoms with E-state index in [2.05, 4.69) is 36.2 Å². The predicted octanol–water partition coefficient (Wildman–Crippen LogP) is 3.96. The van der Waals surface area contributed by atoms with E-state index in [4.69, 9.17) is 4.74 Å². The lowest BCUT2D eigenvalue weighted by Crippen LogP contribution is -1.93. The Bertz CT molecular complexity index is 787. The van der Waals surface area contributed by atoms with Crippen molar-refractivity contribution in [2.75, 3.05) is 7.11 Å². The minimum Gasteiger partial charge on any atom is -0.495 e. The standard InChI is InChI=1S/C17H15NO2/c1-11-6-7-15-13(8-11)9-16(18-15)14-5-3-4-12(10-19)17(14)20-2/h3-10,18H,1-2H3. The van der Waals surface area contributed by atoms with Crippen LogP contribution in [0, 0.1) is 6.92 Å². The van der Waals surface area contributed by atoms with E-state index in [1.807, 2.05) is 12.1 Å². The van der Waals surface area contributed by atoms with Gasteiger partial charge in [-0.25, -0.2) is 0 Å². The van der Waals surface area contributed by atoms with E-state index in [0.29, 0.717) is 11.3 Å². The summed E-state index contributed by atoms with van der Waals surface area (Å²) in [5.74, 6) is 0.603. The molecule has 0 radical (unpaired) electrons. The van der Waals surface area contributed by atoms with Crippen molar-refractivity contribution < 1.29 is 9.53 Å². The van der Waals surface area contributed by atoms with Crippen LogP contribution in [-0.4, -0.2) is 18.4 Å². The molecule has 0 bridgehead atoms. The van der Waals surface area contributed by atoms with Crippen LogP contribution in [0.3, 0.4) is 0 Å². The SMILES string of the molecule is COc1c(C=O)cccc1-c1cc2cc(C)ccc2[nH]1. The van der Waals surface area contributed by atoms with Crippen LogP contribution in [0.4, 0.5) is 0 Å². The van der Waals surface area contributed by atoms with Gasteiger partial charge in [0.15, 0.2) is 6.29 Å². The van der Waals surface area contributed by atoms with Gasteiger partial charge in [0.25, 0.3) is 0 Å². The van der Waals surface area contributed by atoms with Gasteiger partial charge in [0.1, 0.15) is 5.75 Å². The number of hydrogen-bond donors (Lipinski definition) is 1. The van der Waals surface area contributed by atoms with E-state index in [-0.39, 0.29) is 0 Å². The molecular formula is C17H15NO2. The molecule has 0 saturated carbocycles. The number of carbonyl (C=O) groups is 1. The van der Waals surface area contributed by atoms with Crippen LogP contribution in [0.15, 0.2) is 42.5 Å². The normalized spacial score (nSPS) is 10.7. The fourth-order valence-corrected chi connectivity index (χ4v) is 2.48. The number of aryl methyl sites for hydroxylation is 1. The number of H-pyrrole nitrogens is 1. The van der Waals surface area contributed by atoms with Crippen molar-refractivity contribution >= 4 is 17.2 Å². The first-order valence-electron chi connectivity index (χ1n) is 6.45. The van der Waals surface area contributed by atoms with Gasteiger partial charge in [-0.15, -0.1) is 0 Å². The molecule has 0 aliphatic heterocycles. The van der Waals surface area contributed by atoms with E-state index in [1.165, 1.54) is 5.56 Å². The number of carbonyl (C=O) groups excluding carboxylic acids is 1. The number of para-hydroxylation sites is 1. The third-order valence-electron chi connectivity index (χ3n) is 3.44. The highest BCUT2D eigenvalue weighted by Gasteiger charge is 2.12. The second-order valence-electron chi connectivity index (χ2n) is 4.82. The average Bonchev–Trinajstić information content (AvgIpc) is 2.88. The molecule has 3 heteroatoms. The number of aromatic amines is 1. The van der Waals surface area contributed by atoms with Crippen molar-refractivity contribution in [1.82, 2.24) is 4.98 Å². The van der Waals surface area contributed by atoms with Crippen LogP contribution in [0.2, 0.25) is 0 Å². The van der Waals surface area contributed by atoms with Gasteiger partial charge >= 0.3 is 0 Å². The molecule has 0 unspecified atom stereocenters. The maximum absolute atomic E-state index is 11.1. The van der Waals surface area contributed by atoms with Crippen molar-refractivity contribution in [1.29, 1.82) is 0 Å². The topological polar surface area (TPSA) is 42.1 Å². The Morgan fingerprint density at radius 2 is 2.00 bits per heavy atom. The number of fused-ring (bicyclic) bond motifs is 1. The van der Waals surface area contributed by atoms with Gasteiger partial charge in [0.05, 0.1) is 18.4 Å². The molecule has 0 spiro atoms. The second-order valence-corrected chi connectivity index (χ2v) is 4.82. The lowest BCUT2D eigenvalue weighted by atomic mass is 10.1. The van der Waals surface area contributed by atoms with E-state index < -0.39 is 0 Å². The zero-order valence-corrected chi connectivity index (χ0v) is 11.4. The molecule has 3 aromatic rings. The van der Waals surface area contributed by atoms with E-state index in [0.717, 1.165) is 28.4 Å². The molecule has 1 N–H and O–H groups in total. The largest absolute Gasteiger partial charge is 0.495 e. The summed E-state index contributed by atoms with van der Waals surface area (Å²) in [5, 5.41) is 1.15. The van der Waals surface area contributed by atoms with Gasteiger partial charge < -0.3 is 9.72 Å². The minimum atomic E-state index is 0.555. The highest BCUT2D eigenvalue weighted by atomic mass is 16.5. The number of nitrogens with one attached hydrogen (secondary N) is 1. The summed E-state index contributed by atoms with van der Waals surface area (Å²) in [5.41, 5.74) is 4.69. The van der Waals surface area contributed by atoms with Gasteiger partial charge in [-0.1, -0.05) is 17.7 Å². The minimum absolute atomic E-state index is 0.555. The Kier molecular flexibility index (Phi) is 3.03. The third-order valence-corrected chi connectivity index (χ3v) is 3.44. The summed E-state index contributed by atoms with van der Waals surface area (Å²) < 4.78 is 5.39. The molecule has 3 nitrogen and oxygen atoms in total. The molecule has 3 rings (SSSR count). The number of aromatic nitrogens is 1. The van der Waals surface area contributed by atoms with Crippen LogP contribution in [0.5, 0.6) is 5.75 Å². The van der Waals surface area contributed by atoms with Crippen molar-refractivity contribution in [2.45, 2.75) is 6.92 Å². The Balaban J connectivity index is 2.22. The van der Waals surface area contributed by atoms with E-state index in [1.54, 1.807) is 13.2 Å². The quantitative estimate of drug-likeness (QED) is 0.728. The van der Waals surface area contributed by atoms with E-state index >= 15 is 0 Å². The first kappa shape index (κ1) is 12.5. The summed E-state index contributed by atoms with van der Waals surface area (Å²) in [4.78, 5) is 14.5. The molecule has 2 aromatic carbocycles. The molecule has 0 amide bonds. The van der Waals surface area contributed by atoms with Crippen LogP contribution in [0.25, 0.3) is 22.2 Å². The molecule has 0 fully saturated rings. The molecule has 100 valence electrons. The third kappa shape index (κ3) is 1.97. The van der Waals surface area contributed by atoms with Crippen molar-refractivity contribution in [3.8, 4) is 17.0 Å². The zero-order chi connectivity index (χ0) is 14.1. The number of ether oxygens (including phenoxy) is 1. The number of rotatable bonds is 3. The average molecular weight is 265 g/mol. The molecule has 0 aliphatic carbocycles. The lowest BCUT2D eigenvalue weighted by molar-refractivity contribution is 0.112. The van der Waals surface area contributed by atoms with Gasteiger partial charge in [0, 0.05) is 16.5 Å². The van der Waals surface area contributed by atoms with Crippen molar-refractivity contribution in [2.24, 2.45) is 0 Å². The Morgan fingerprint density at radius 1 is 1.15 bits per heavy atom.